The third-order valence-electron chi connectivity index (χ3n) is 5.22. The molecule has 0 aliphatic carbocycles. The van der Waals surface area contributed by atoms with Crippen molar-refractivity contribution in [2.45, 2.75) is 38.6 Å². The number of nitrogens with two attached hydrogens (primary N) is 1. The number of aromatic hydroxyl groups is 5. The highest BCUT2D eigenvalue weighted by Gasteiger charge is 2.04. The van der Waals surface area contributed by atoms with Crippen LogP contribution in [0.15, 0.2) is 60.7 Å². The zero-order valence-corrected chi connectivity index (χ0v) is 18.9. The van der Waals surface area contributed by atoms with Crippen LogP contribution in [0.4, 0.5) is 0 Å². The molecule has 1 atom stereocenters. The van der Waals surface area contributed by atoms with Crippen molar-refractivity contribution < 1.29 is 25.5 Å². The lowest BCUT2D eigenvalue weighted by Crippen LogP contribution is -2.28. The number of aryl methyl sites for hydroxylation is 1. The Balaban J connectivity index is 0.000000294. The number of nitrogens with one attached hydrogen (secondary N) is 1. The summed E-state index contributed by atoms with van der Waals surface area (Å²) in [7, 11) is 0. The van der Waals surface area contributed by atoms with Crippen molar-refractivity contribution >= 4 is 0 Å². The van der Waals surface area contributed by atoms with Crippen LogP contribution in [0.2, 0.25) is 0 Å². The monoisotopic (exact) mass is 454 g/mol. The van der Waals surface area contributed by atoms with E-state index < -0.39 is 0 Å². The quantitative estimate of drug-likeness (QED) is 0.245. The molecule has 0 bridgehead atoms. The smallest absolute Gasteiger partial charge is 0.157 e. The lowest BCUT2D eigenvalue weighted by atomic mass is 10.1. The third-order valence-corrected chi connectivity index (χ3v) is 5.22. The van der Waals surface area contributed by atoms with Gasteiger partial charge in [0, 0.05) is 6.04 Å². The maximum Gasteiger partial charge on any atom is 0.157 e. The first-order chi connectivity index (χ1) is 15.8. The lowest BCUT2D eigenvalue weighted by molar-refractivity contribution is 0.403. The van der Waals surface area contributed by atoms with Gasteiger partial charge in [0.1, 0.15) is 5.75 Å². The SMILES string of the molecule is CC(CCc1ccc(O)cc1)NCCc1ccc(O)c(O)c1.NCCc1ccc(O)c(O)c1. The number of benzene rings is 3. The molecule has 8 N–H and O–H groups in total. The topological polar surface area (TPSA) is 139 Å². The molecule has 3 rings (SSSR count). The fraction of sp³-hybridized carbons (Fsp3) is 0.308. The zero-order chi connectivity index (χ0) is 24.2. The van der Waals surface area contributed by atoms with Gasteiger partial charge in [0.15, 0.2) is 23.0 Å². The Morgan fingerprint density at radius 3 is 1.70 bits per heavy atom. The van der Waals surface area contributed by atoms with E-state index in [4.69, 9.17) is 15.9 Å². The summed E-state index contributed by atoms with van der Waals surface area (Å²) in [4.78, 5) is 0. The molecule has 3 aromatic carbocycles. The average Bonchev–Trinajstić information content (AvgIpc) is 2.79. The Labute approximate surface area is 194 Å². The van der Waals surface area contributed by atoms with Gasteiger partial charge in [-0.2, -0.15) is 0 Å². The molecule has 0 aliphatic rings. The van der Waals surface area contributed by atoms with Crippen molar-refractivity contribution in [1.82, 2.24) is 5.32 Å². The normalized spacial score (nSPS) is 11.5. The van der Waals surface area contributed by atoms with Gasteiger partial charge in [-0.25, -0.2) is 0 Å². The van der Waals surface area contributed by atoms with Crippen LogP contribution in [0.3, 0.4) is 0 Å². The third kappa shape index (κ3) is 9.31. The standard InChI is InChI=1S/C18H23NO3.C8H11NO2/c1-13(2-3-14-4-7-16(20)8-5-14)19-11-10-15-6-9-17(21)18(22)12-15;9-4-3-6-1-2-7(10)8(11)5-6/h4-9,12-13,19-22H,2-3,10-11H2,1H3;1-2,5,10-11H,3-4,9H2. The van der Waals surface area contributed by atoms with E-state index in [1.54, 1.807) is 24.3 Å². The van der Waals surface area contributed by atoms with Gasteiger partial charge >= 0.3 is 0 Å². The molecular formula is C26H34N2O5. The fourth-order valence-corrected chi connectivity index (χ4v) is 3.23. The highest BCUT2D eigenvalue weighted by Crippen LogP contribution is 2.25. The molecule has 3 aromatic rings. The number of rotatable bonds is 9. The van der Waals surface area contributed by atoms with Crippen molar-refractivity contribution in [2.75, 3.05) is 13.1 Å². The van der Waals surface area contributed by atoms with Gasteiger partial charge in [-0.05, 0) is 98.8 Å². The van der Waals surface area contributed by atoms with Crippen molar-refractivity contribution in [2.24, 2.45) is 5.73 Å². The second-order valence-electron chi connectivity index (χ2n) is 8.00. The summed E-state index contributed by atoms with van der Waals surface area (Å²) < 4.78 is 0. The highest BCUT2D eigenvalue weighted by atomic mass is 16.3. The van der Waals surface area contributed by atoms with Crippen LogP contribution in [0.25, 0.3) is 0 Å². The zero-order valence-electron chi connectivity index (χ0n) is 18.9. The summed E-state index contributed by atoms with van der Waals surface area (Å²) in [5.74, 6) is -0.0364. The average molecular weight is 455 g/mol. The predicted octanol–water partition coefficient (Wildman–Crippen LogP) is 3.56. The number of hydrogen-bond acceptors (Lipinski definition) is 7. The molecule has 0 aromatic heterocycles. The van der Waals surface area contributed by atoms with E-state index in [0.29, 0.717) is 24.8 Å². The minimum atomic E-state index is -0.0919. The Morgan fingerprint density at radius 2 is 1.18 bits per heavy atom. The van der Waals surface area contributed by atoms with Crippen LogP contribution < -0.4 is 11.1 Å². The highest BCUT2D eigenvalue weighted by molar-refractivity contribution is 5.41. The minimum absolute atomic E-state index is 0.0714. The Morgan fingerprint density at radius 1 is 0.667 bits per heavy atom. The van der Waals surface area contributed by atoms with Gasteiger partial charge in [0.25, 0.3) is 0 Å². The Hall–Kier alpha value is -3.42. The van der Waals surface area contributed by atoms with E-state index >= 15 is 0 Å². The van der Waals surface area contributed by atoms with Crippen LogP contribution in [0.5, 0.6) is 28.7 Å². The number of phenols is 5. The molecule has 0 aliphatic heterocycles. The maximum atomic E-state index is 9.45. The van der Waals surface area contributed by atoms with E-state index in [1.165, 1.54) is 23.8 Å². The van der Waals surface area contributed by atoms with Crippen LogP contribution in [0, 0.1) is 0 Å². The van der Waals surface area contributed by atoms with E-state index in [1.807, 2.05) is 18.2 Å². The second-order valence-corrected chi connectivity index (χ2v) is 8.00. The fourth-order valence-electron chi connectivity index (χ4n) is 3.23. The van der Waals surface area contributed by atoms with E-state index in [9.17, 15) is 15.3 Å². The van der Waals surface area contributed by atoms with Gasteiger partial charge in [0.2, 0.25) is 0 Å². The largest absolute Gasteiger partial charge is 0.508 e. The molecule has 7 nitrogen and oxygen atoms in total. The molecule has 1 unspecified atom stereocenters. The molecule has 0 saturated heterocycles. The first-order valence-electron chi connectivity index (χ1n) is 11.0. The molecule has 0 amide bonds. The Bertz CT molecular complexity index is 992. The van der Waals surface area contributed by atoms with Crippen molar-refractivity contribution in [3.05, 3.63) is 77.4 Å². The summed E-state index contributed by atoms with van der Waals surface area (Å²) >= 11 is 0. The first-order valence-corrected chi connectivity index (χ1v) is 11.0. The van der Waals surface area contributed by atoms with Gasteiger partial charge in [-0.15, -0.1) is 0 Å². The molecule has 33 heavy (non-hydrogen) atoms. The molecular weight excluding hydrogens is 420 g/mol. The number of hydrogen-bond donors (Lipinski definition) is 7. The van der Waals surface area contributed by atoms with Crippen molar-refractivity contribution in [3.8, 4) is 28.7 Å². The van der Waals surface area contributed by atoms with E-state index in [2.05, 4.69) is 12.2 Å². The molecule has 178 valence electrons. The summed E-state index contributed by atoms with van der Waals surface area (Å²) in [6.07, 6.45) is 3.51. The first kappa shape index (κ1) is 25.8. The molecule has 0 heterocycles. The number of phenolic OH excluding ortho intramolecular Hbond substituents is 5. The predicted molar refractivity (Wildman–Crippen MR) is 130 cm³/mol. The molecule has 0 saturated carbocycles. The van der Waals surface area contributed by atoms with Crippen molar-refractivity contribution in [1.29, 1.82) is 0 Å². The minimum Gasteiger partial charge on any atom is -0.508 e. The van der Waals surface area contributed by atoms with E-state index in [0.717, 1.165) is 36.9 Å². The Kier molecular flexibility index (Phi) is 10.3. The summed E-state index contributed by atoms with van der Waals surface area (Å²) in [5.41, 5.74) is 8.45. The molecule has 0 spiro atoms. The lowest BCUT2D eigenvalue weighted by Gasteiger charge is -2.14. The molecule has 0 fully saturated rings. The van der Waals surface area contributed by atoms with Gasteiger partial charge in [0.05, 0.1) is 0 Å². The van der Waals surface area contributed by atoms with Gasteiger partial charge in [-0.1, -0.05) is 24.3 Å². The summed E-state index contributed by atoms with van der Waals surface area (Å²) in [5, 5.41) is 49.4. The maximum absolute atomic E-state index is 9.45. The van der Waals surface area contributed by atoms with Crippen LogP contribution in [-0.2, 0) is 19.3 Å². The summed E-state index contributed by atoms with van der Waals surface area (Å²) in [6.45, 7) is 3.51. The van der Waals surface area contributed by atoms with E-state index in [-0.39, 0.29) is 23.0 Å². The van der Waals surface area contributed by atoms with Crippen molar-refractivity contribution in [3.63, 3.8) is 0 Å². The van der Waals surface area contributed by atoms with Crippen LogP contribution in [-0.4, -0.2) is 44.7 Å². The van der Waals surface area contributed by atoms with Gasteiger partial charge in [-0.3, -0.25) is 0 Å². The van der Waals surface area contributed by atoms with Gasteiger partial charge < -0.3 is 36.6 Å². The molecule has 0 radical (unpaired) electrons. The molecule has 7 heteroatoms. The second kappa shape index (κ2) is 13.2. The summed E-state index contributed by atoms with van der Waals surface area (Å²) in [6, 6.07) is 17.3. The van der Waals surface area contributed by atoms with Crippen LogP contribution in [0.1, 0.15) is 30.0 Å². The van der Waals surface area contributed by atoms with Crippen LogP contribution >= 0.6 is 0 Å².